The third-order valence-electron chi connectivity index (χ3n) is 4.60. The number of methoxy groups -OCH3 is 1. The monoisotopic (exact) mass is 393 g/mol. The average Bonchev–Trinajstić information content (AvgIpc) is 3.48. The Morgan fingerprint density at radius 2 is 2.00 bits per heavy atom. The molecule has 0 bridgehead atoms. The topological polar surface area (TPSA) is 91.2 Å². The van der Waals surface area contributed by atoms with Crippen molar-refractivity contribution < 1.29 is 14.3 Å². The molecule has 3 heterocycles. The summed E-state index contributed by atoms with van der Waals surface area (Å²) in [6, 6.07) is 7.25. The number of hydrogen-bond donors (Lipinski definition) is 1. The van der Waals surface area contributed by atoms with Gasteiger partial charge in [0.1, 0.15) is 23.0 Å². The number of esters is 1. The zero-order valence-electron chi connectivity index (χ0n) is 16.6. The molecule has 1 saturated carbocycles. The van der Waals surface area contributed by atoms with Crippen LogP contribution >= 0.6 is 0 Å². The molecule has 8 nitrogen and oxygen atoms in total. The lowest BCUT2D eigenvalue weighted by Gasteiger charge is -2.09. The summed E-state index contributed by atoms with van der Waals surface area (Å²) in [7, 11) is 1.32. The number of carbonyl (C=O) groups excluding carboxylic acids is 1. The third-order valence-corrected chi connectivity index (χ3v) is 4.60. The van der Waals surface area contributed by atoms with E-state index in [2.05, 4.69) is 29.1 Å². The molecule has 29 heavy (non-hydrogen) atoms. The van der Waals surface area contributed by atoms with Gasteiger partial charge in [0.15, 0.2) is 5.75 Å². The van der Waals surface area contributed by atoms with Gasteiger partial charge in [0.05, 0.1) is 13.3 Å². The summed E-state index contributed by atoms with van der Waals surface area (Å²) in [5.41, 5.74) is 1.92. The first kappa shape index (κ1) is 18.9. The number of nitrogens with one attached hydrogen (secondary N) is 1. The Hall–Kier alpha value is -3.42. The van der Waals surface area contributed by atoms with Crippen molar-refractivity contribution in [1.29, 1.82) is 0 Å². The minimum atomic E-state index is -0.492. The molecule has 0 aliphatic heterocycles. The summed E-state index contributed by atoms with van der Waals surface area (Å²) in [5, 5.41) is 7.86. The second-order valence-electron chi connectivity index (χ2n) is 7.25. The first-order chi connectivity index (χ1) is 14.0. The molecule has 1 aliphatic rings. The number of pyridine rings is 2. The second-order valence-corrected chi connectivity index (χ2v) is 7.25. The Bertz CT molecular complexity index is 1030. The summed E-state index contributed by atoms with van der Waals surface area (Å²) in [6.45, 7) is 4.19. The molecule has 3 aromatic heterocycles. The van der Waals surface area contributed by atoms with Crippen LogP contribution in [-0.4, -0.2) is 32.8 Å². The van der Waals surface area contributed by atoms with Gasteiger partial charge >= 0.3 is 5.97 Å². The molecule has 0 aromatic carbocycles. The first-order valence-corrected chi connectivity index (χ1v) is 9.58. The van der Waals surface area contributed by atoms with Crippen LogP contribution in [0.15, 0.2) is 42.9 Å². The van der Waals surface area contributed by atoms with Crippen molar-refractivity contribution in [3.63, 3.8) is 0 Å². The van der Waals surface area contributed by atoms with Gasteiger partial charge in [0.2, 0.25) is 0 Å². The summed E-state index contributed by atoms with van der Waals surface area (Å²) < 4.78 is 12.8. The normalized spacial score (nSPS) is 13.4. The van der Waals surface area contributed by atoms with Crippen LogP contribution in [0.25, 0.3) is 0 Å². The number of carbonyl (C=O) groups is 1. The quantitative estimate of drug-likeness (QED) is 0.593. The second kappa shape index (κ2) is 7.90. The highest BCUT2D eigenvalue weighted by Gasteiger charge is 2.30. The fourth-order valence-electron chi connectivity index (χ4n) is 2.91. The Morgan fingerprint density at radius 1 is 1.21 bits per heavy atom. The molecule has 0 spiro atoms. The van der Waals surface area contributed by atoms with E-state index in [1.54, 1.807) is 24.4 Å². The van der Waals surface area contributed by atoms with E-state index in [-0.39, 0.29) is 11.7 Å². The average molecular weight is 393 g/mol. The number of ether oxygens (including phenoxy) is 2. The maximum absolute atomic E-state index is 11.7. The number of rotatable bonds is 7. The zero-order valence-corrected chi connectivity index (χ0v) is 16.6. The molecule has 0 unspecified atom stereocenters. The van der Waals surface area contributed by atoms with Crippen molar-refractivity contribution in [2.24, 2.45) is 0 Å². The SMILES string of the molecule is COC(=O)c1cc(Nc2cc(Oc3cn(C(C)C)nc3C3CC3)ccn2)ccn1. The largest absolute Gasteiger partial charge is 0.464 e. The molecule has 8 heteroatoms. The van der Waals surface area contributed by atoms with Gasteiger partial charge in [0, 0.05) is 36.1 Å². The van der Waals surface area contributed by atoms with E-state index in [0.29, 0.717) is 23.2 Å². The fraction of sp³-hybridized carbons (Fsp3) is 0.333. The minimum absolute atomic E-state index is 0.222. The van der Waals surface area contributed by atoms with Gasteiger partial charge in [-0.15, -0.1) is 0 Å². The number of aromatic nitrogens is 4. The maximum atomic E-state index is 11.7. The lowest BCUT2D eigenvalue weighted by atomic mass is 10.3. The van der Waals surface area contributed by atoms with Crippen LogP contribution in [0.3, 0.4) is 0 Å². The van der Waals surface area contributed by atoms with Gasteiger partial charge in [-0.25, -0.2) is 14.8 Å². The Balaban J connectivity index is 1.53. The van der Waals surface area contributed by atoms with Gasteiger partial charge in [-0.1, -0.05) is 0 Å². The molecular weight excluding hydrogens is 370 g/mol. The predicted molar refractivity (Wildman–Crippen MR) is 108 cm³/mol. The standard InChI is InChI=1S/C21H23N5O3/c1-13(2)26-12-18(20(25-26)14-4-5-14)29-16-7-9-23-19(11-16)24-15-6-8-22-17(10-15)21(27)28-3/h6-14H,4-5H2,1-3H3,(H,22,23,24). The van der Waals surface area contributed by atoms with Gasteiger partial charge in [-0.2, -0.15) is 5.10 Å². The number of hydrogen-bond acceptors (Lipinski definition) is 7. The van der Waals surface area contributed by atoms with E-state index in [1.807, 2.05) is 16.9 Å². The lowest BCUT2D eigenvalue weighted by molar-refractivity contribution is 0.0594. The van der Waals surface area contributed by atoms with E-state index >= 15 is 0 Å². The third kappa shape index (κ3) is 4.37. The van der Waals surface area contributed by atoms with E-state index in [9.17, 15) is 4.79 Å². The highest BCUT2D eigenvalue weighted by Crippen LogP contribution is 2.44. The van der Waals surface area contributed by atoms with Gasteiger partial charge in [0.25, 0.3) is 0 Å². The smallest absolute Gasteiger partial charge is 0.356 e. The van der Waals surface area contributed by atoms with E-state index in [1.165, 1.54) is 13.3 Å². The predicted octanol–water partition coefficient (Wildman–Crippen LogP) is 4.45. The van der Waals surface area contributed by atoms with E-state index in [4.69, 9.17) is 14.6 Å². The fourth-order valence-corrected chi connectivity index (χ4v) is 2.91. The van der Waals surface area contributed by atoms with Crippen LogP contribution in [0.1, 0.15) is 54.8 Å². The van der Waals surface area contributed by atoms with Gasteiger partial charge in [-0.3, -0.25) is 4.68 Å². The lowest BCUT2D eigenvalue weighted by Crippen LogP contribution is -2.04. The van der Waals surface area contributed by atoms with Crippen LogP contribution in [-0.2, 0) is 4.74 Å². The number of anilines is 2. The van der Waals surface area contributed by atoms with Crippen molar-refractivity contribution in [1.82, 2.24) is 19.7 Å². The van der Waals surface area contributed by atoms with Crippen molar-refractivity contribution >= 4 is 17.5 Å². The van der Waals surface area contributed by atoms with Crippen LogP contribution < -0.4 is 10.1 Å². The van der Waals surface area contributed by atoms with Crippen LogP contribution in [0, 0.1) is 0 Å². The van der Waals surface area contributed by atoms with Crippen molar-refractivity contribution in [3.8, 4) is 11.5 Å². The summed E-state index contributed by atoms with van der Waals surface area (Å²) >= 11 is 0. The highest BCUT2D eigenvalue weighted by molar-refractivity contribution is 5.88. The van der Waals surface area contributed by atoms with Crippen molar-refractivity contribution in [3.05, 3.63) is 54.2 Å². The molecule has 3 aromatic rings. The molecule has 0 atom stereocenters. The molecular formula is C21H23N5O3. The minimum Gasteiger partial charge on any atom is -0.464 e. The van der Waals surface area contributed by atoms with Gasteiger partial charge in [-0.05, 0) is 44.9 Å². The van der Waals surface area contributed by atoms with E-state index in [0.717, 1.165) is 24.3 Å². The molecule has 0 amide bonds. The molecule has 1 aliphatic carbocycles. The molecule has 1 N–H and O–H groups in total. The molecule has 0 radical (unpaired) electrons. The molecule has 4 rings (SSSR count). The summed E-state index contributed by atoms with van der Waals surface area (Å²) in [6.07, 6.45) is 7.47. The van der Waals surface area contributed by atoms with Crippen LogP contribution in [0.2, 0.25) is 0 Å². The summed E-state index contributed by atoms with van der Waals surface area (Å²) in [4.78, 5) is 20.0. The highest BCUT2D eigenvalue weighted by atomic mass is 16.5. The Kier molecular flexibility index (Phi) is 5.16. The Labute approximate surface area is 168 Å². The van der Waals surface area contributed by atoms with Crippen LogP contribution in [0.5, 0.6) is 11.5 Å². The molecule has 0 saturated heterocycles. The van der Waals surface area contributed by atoms with Crippen molar-refractivity contribution in [2.75, 3.05) is 12.4 Å². The van der Waals surface area contributed by atoms with Crippen LogP contribution in [0.4, 0.5) is 11.5 Å². The summed E-state index contributed by atoms with van der Waals surface area (Å²) in [5.74, 6) is 2.03. The van der Waals surface area contributed by atoms with E-state index < -0.39 is 5.97 Å². The molecule has 1 fully saturated rings. The zero-order chi connectivity index (χ0) is 20.4. The maximum Gasteiger partial charge on any atom is 0.356 e. The first-order valence-electron chi connectivity index (χ1n) is 9.58. The van der Waals surface area contributed by atoms with Gasteiger partial charge < -0.3 is 14.8 Å². The van der Waals surface area contributed by atoms with Crippen molar-refractivity contribution in [2.45, 2.75) is 38.6 Å². The molecule has 150 valence electrons. The Morgan fingerprint density at radius 3 is 2.72 bits per heavy atom. The number of nitrogens with zero attached hydrogens (tertiary/aromatic N) is 4.